The van der Waals surface area contributed by atoms with Crippen LogP contribution >= 0.6 is 11.8 Å². The minimum Gasteiger partial charge on any atom is -0.313 e. The van der Waals surface area contributed by atoms with Gasteiger partial charge in [0.15, 0.2) is 0 Å². The van der Waals surface area contributed by atoms with Crippen molar-refractivity contribution in [1.82, 2.24) is 5.32 Å². The van der Waals surface area contributed by atoms with Crippen molar-refractivity contribution in [3.63, 3.8) is 0 Å². The molecule has 2 rings (SSSR count). The summed E-state index contributed by atoms with van der Waals surface area (Å²) in [6, 6.07) is 0.800. The highest BCUT2D eigenvalue weighted by Crippen LogP contribution is 2.45. The maximum absolute atomic E-state index is 3.78. The van der Waals surface area contributed by atoms with Gasteiger partial charge in [0.2, 0.25) is 0 Å². The summed E-state index contributed by atoms with van der Waals surface area (Å²) >= 11 is 2.26. The summed E-state index contributed by atoms with van der Waals surface area (Å²) in [4.78, 5) is 0. The fraction of sp³-hybridized carbons (Fsp3) is 1.00. The van der Waals surface area contributed by atoms with Gasteiger partial charge in [-0.05, 0) is 43.6 Å². The Hall–Kier alpha value is 0.310. The highest BCUT2D eigenvalue weighted by molar-refractivity contribution is 8.00. The van der Waals surface area contributed by atoms with E-state index < -0.39 is 0 Å². The van der Waals surface area contributed by atoms with E-state index in [4.69, 9.17) is 0 Å². The predicted molar refractivity (Wildman–Crippen MR) is 78.7 cm³/mol. The number of fused-ring (bicyclic) bond motifs is 1. The molecule has 2 fully saturated rings. The van der Waals surface area contributed by atoms with E-state index in [0.717, 1.165) is 22.5 Å². The van der Waals surface area contributed by atoms with Crippen molar-refractivity contribution in [2.24, 2.45) is 11.3 Å². The van der Waals surface area contributed by atoms with Crippen molar-refractivity contribution in [3.8, 4) is 0 Å². The molecule has 2 aliphatic rings. The molecule has 1 aliphatic heterocycles. The van der Waals surface area contributed by atoms with E-state index >= 15 is 0 Å². The second kappa shape index (κ2) is 5.52. The van der Waals surface area contributed by atoms with Gasteiger partial charge in [-0.25, -0.2) is 0 Å². The zero-order valence-electron chi connectivity index (χ0n) is 12.0. The monoisotopic (exact) mass is 255 g/mol. The smallest absolute Gasteiger partial charge is 0.0206 e. The summed E-state index contributed by atoms with van der Waals surface area (Å²) in [6.07, 6.45) is 6.94. The van der Waals surface area contributed by atoms with Gasteiger partial charge in [0, 0.05) is 16.5 Å². The quantitative estimate of drug-likeness (QED) is 0.798. The van der Waals surface area contributed by atoms with Crippen molar-refractivity contribution >= 4 is 11.8 Å². The maximum atomic E-state index is 3.78. The summed E-state index contributed by atoms with van der Waals surface area (Å²) < 4.78 is 0. The largest absolute Gasteiger partial charge is 0.313 e. The van der Waals surface area contributed by atoms with Gasteiger partial charge in [-0.2, -0.15) is 11.8 Å². The van der Waals surface area contributed by atoms with Gasteiger partial charge in [0.1, 0.15) is 0 Å². The molecule has 1 aliphatic carbocycles. The molecule has 17 heavy (non-hydrogen) atoms. The summed E-state index contributed by atoms with van der Waals surface area (Å²) in [5, 5.41) is 5.50. The van der Waals surface area contributed by atoms with E-state index in [0.29, 0.717) is 5.41 Å². The first kappa shape index (κ1) is 13.7. The lowest BCUT2D eigenvalue weighted by Gasteiger charge is -2.42. The SMILES string of the molecule is CCC(C)(C)C1CCC2NCCC(C)SC2C1. The van der Waals surface area contributed by atoms with Crippen molar-refractivity contribution in [1.29, 1.82) is 0 Å². The summed E-state index contributed by atoms with van der Waals surface area (Å²) in [7, 11) is 0. The molecule has 0 aromatic heterocycles. The normalized spacial score (nSPS) is 39.5. The lowest BCUT2D eigenvalue weighted by atomic mass is 9.68. The topological polar surface area (TPSA) is 12.0 Å². The van der Waals surface area contributed by atoms with Crippen molar-refractivity contribution in [2.75, 3.05) is 6.54 Å². The molecule has 0 aromatic carbocycles. The Balaban J connectivity index is 2.01. The lowest BCUT2D eigenvalue weighted by molar-refractivity contribution is 0.142. The third-order valence-corrected chi connectivity index (χ3v) is 6.74. The Morgan fingerprint density at radius 3 is 2.71 bits per heavy atom. The second-order valence-corrected chi connectivity index (χ2v) is 8.37. The molecule has 4 unspecified atom stereocenters. The highest BCUT2D eigenvalue weighted by atomic mass is 32.2. The van der Waals surface area contributed by atoms with Gasteiger partial charge < -0.3 is 5.32 Å². The molecular formula is C15H29NS. The number of thioether (sulfide) groups is 1. The Labute approximate surface area is 112 Å². The number of rotatable bonds is 2. The first-order valence-electron chi connectivity index (χ1n) is 7.41. The first-order valence-corrected chi connectivity index (χ1v) is 8.36. The molecule has 0 spiro atoms. The summed E-state index contributed by atoms with van der Waals surface area (Å²) in [6.45, 7) is 10.9. The average molecular weight is 255 g/mol. The van der Waals surface area contributed by atoms with Crippen LogP contribution in [0.4, 0.5) is 0 Å². The fourth-order valence-electron chi connectivity index (χ4n) is 3.35. The Morgan fingerprint density at radius 2 is 2.00 bits per heavy atom. The summed E-state index contributed by atoms with van der Waals surface area (Å²) in [5.41, 5.74) is 0.543. The van der Waals surface area contributed by atoms with Crippen LogP contribution in [0.1, 0.15) is 59.8 Å². The standard InChI is InChI=1S/C15H29NS/c1-5-15(3,4)12-6-7-13-14(10-12)17-11(2)8-9-16-13/h11-14,16H,5-10H2,1-4H3. The Morgan fingerprint density at radius 1 is 1.24 bits per heavy atom. The van der Waals surface area contributed by atoms with Crippen LogP contribution in [0.15, 0.2) is 0 Å². The number of nitrogens with one attached hydrogen (secondary N) is 1. The molecule has 2 heteroatoms. The van der Waals surface area contributed by atoms with Crippen LogP contribution in [0.3, 0.4) is 0 Å². The van der Waals surface area contributed by atoms with Crippen LogP contribution in [0.2, 0.25) is 0 Å². The van der Waals surface area contributed by atoms with Gasteiger partial charge in [0.25, 0.3) is 0 Å². The van der Waals surface area contributed by atoms with Crippen LogP contribution in [0.5, 0.6) is 0 Å². The van der Waals surface area contributed by atoms with E-state index in [1.54, 1.807) is 0 Å². The van der Waals surface area contributed by atoms with E-state index in [1.807, 2.05) is 0 Å². The molecule has 1 N–H and O–H groups in total. The van der Waals surface area contributed by atoms with Crippen molar-refractivity contribution < 1.29 is 0 Å². The minimum absolute atomic E-state index is 0.543. The Kier molecular flexibility index (Phi) is 4.46. The molecule has 1 heterocycles. The van der Waals surface area contributed by atoms with Crippen LogP contribution < -0.4 is 5.32 Å². The molecule has 0 radical (unpaired) electrons. The van der Waals surface area contributed by atoms with Crippen molar-refractivity contribution in [2.45, 2.75) is 76.3 Å². The van der Waals surface area contributed by atoms with Gasteiger partial charge in [-0.15, -0.1) is 0 Å². The Bertz CT molecular complexity index is 251. The maximum Gasteiger partial charge on any atom is 0.0206 e. The molecule has 0 amide bonds. The molecule has 0 bridgehead atoms. The summed E-state index contributed by atoms with van der Waals surface area (Å²) in [5.74, 6) is 0.938. The molecule has 1 saturated carbocycles. The molecular weight excluding hydrogens is 226 g/mol. The van der Waals surface area contributed by atoms with Crippen LogP contribution in [0.25, 0.3) is 0 Å². The fourth-order valence-corrected chi connectivity index (χ4v) is 4.97. The van der Waals surface area contributed by atoms with E-state index in [-0.39, 0.29) is 0 Å². The molecule has 0 aromatic rings. The third kappa shape index (κ3) is 3.20. The number of hydrogen-bond acceptors (Lipinski definition) is 2. The molecule has 4 atom stereocenters. The first-order chi connectivity index (χ1) is 8.03. The van der Waals surface area contributed by atoms with Crippen LogP contribution in [-0.4, -0.2) is 23.1 Å². The predicted octanol–water partition coefficient (Wildman–Crippen LogP) is 4.07. The van der Waals surface area contributed by atoms with Crippen LogP contribution in [0, 0.1) is 11.3 Å². The van der Waals surface area contributed by atoms with Gasteiger partial charge in [-0.3, -0.25) is 0 Å². The zero-order chi connectivity index (χ0) is 12.5. The second-order valence-electron chi connectivity index (χ2n) is 6.69. The van der Waals surface area contributed by atoms with Gasteiger partial charge in [-0.1, -0.05) is 34.1 Å². The number of hydrogen-bond donors (Lipinski definition) is 1. The molecule has 1 nitrogen and oxygen atoms in total. The lowest BCUT2D eigenvalue weighted by Crippen LogP contribution is -2.44. The van der Waals surface area contributed by atoms with E-state index in [2.05, 4.69) is 44.8 Å². The van der Waals surface area contributed by atoms with Crippen molar-refractivity contribution in [3.05, 3.63) is 0 Å². The molecule has 1 saturated heterocycles. The average Bonchev–Trinajstić information content (AvgIpc) is 2.48. The highest BCUT2D eigenvalue weighted by Gasteiger charge is 2.38. The van der Waals surface area contributed by atoms with Crippen LogP contribution in [-0.2, 0) is 0 Å². The van der Waals surface area contributed by atoms with Gasteiger partial charge >= 0.3 is 0 Å². The zero-order valence-corrected chi connectivity index (χ0v) is 12.8. The van der Waals surface area contributed by atoms with E-state index in [9.17, 15) is 0 Å². The minimum atomic E-state index is 0.543. The third-order valence-electron chi connectivity index (χ3n) is 5.17. The van der Waals surface area contributed by atoms with Gasteiger partial charge in [0.05, 0.1) is 0 Å². The molecule has 100 valence electrons. The van der Waals surface area contributed by atoms with E-state index in [1.165, 1.54) is 38.6 Å².